The fourth-order valence-electron chi connectivity index (χ4n) is 4.10. The van der Waals surface area contributed by atoms with Gasteiger partial charge in [-0.3, -0.25) is 4.40 Å². The molecule has 1 aliphatic carbocycles. The van der Waals surface area contributed by atoms with Crippen molar-refractivity contribution in [3.8, 4) is 0 Å². The second kappa shape index (κ2) is 7.83. The van der Waals surface area contributed by atoms with E-state index in [1.165, 1.54) is 12.8 Å². The SMILES string of the molecule is O=C(Nc1ccc(Cc2nnc3ccccn23)cc1)NC1CCN(C2CC2)CC1. The number of piperidine rings is 1. The maximum absolute atomic E-state index is 12.3. The van der Waals surface area contributed by atoms with Crippen molar-refractivity contribution in [2.24, 2.45) is 0 Å². The molecule has 5 rings (SSSR count). The van der Waals surface area contributed by atoms with Gasteiger partial charge < -0.3 is 15.5 Å². The van der Waals surface area contributed by atoms with E-state index in [0.29, 0.717) is 6.42 Å². The van der Waals surface area contributed by atoms with Crippen LogP contribution < -0.4 is 10.6 Å². The largest absolute Gasteiger partial charge is 0.335 e. The Bertz CT molecular complexity index is 986. The summed E-state index contributed by atoms with van der Waals surface area (Å²) in [7, 11) is 0. The number of urea groups is 1. The molecule has 2 aliphatic rings. The van der Waals surface area contributed by atoms with Crippen LogP contribution in [0.15, 0.2) is 48.7 Å². The number of likely N-dealkylation sites (tertiary alicyclic amines) is 1. The Morgan fingerprint density at radius 1 is 1.00 bits per heavy atom. The number of amides is 2. The molecule has 7 heteroatoms. The van der Waals surface area contributed by atoms with Gasteiger partial charge in [-0.15, -0.1) is 10.2 Å². The van der Waals surface area contributed by atoms with Gasteiger partial charge >= 0.3 is 6.03 Å². The van der Waals surface area contributed by atoms with E-state index >= 15 is 0 Å². The van der Waals surface area contributed by atoms with Crippen molar-refractivity contribution in [2.75, 3.05) is 18.4 Å². The van der Waals surface area contributed by atoms with Crippen molar-refractivity contribution in [1.82, 2.24) is 24.8 Å². The third-order valence-electron chi connectivity index (χ3n) is 5.89. The lowest BCUT2D eigenvalue weighted by Crippen LogP contribution is -2.46. The second-order valence-electron chi connectivity index (χ2n) is 8.06. The zero-order chi connectivity index (χ0) is 19.6. The van der Waals surface area contributed by atoms with E-state index in [0.717, 1.165) is 54.7 Å². The number of benzene rings is 1. The maximum atomic E-state index is 12.3. The van der Waals surface area contributed by atoms with Crippen LogP contribution in [0.5, 0.6) is 0 Å². The van der Waals surface area contributed by atoms with Crippen LogP contribution in [0.25, 0.3) is 5.65 Å². The molecule has 3 aromatic rings. The average Bonchev–Trinajstić information content (AvgIpc) is 3.52. The number of nitrogens with one attached hydrogen (secondary N) is 2. The molecule has 1 saturated carbocycles. The normalized spacial score (nSPS) is 18.1. The molecule has 0 spiro atoms. The Hall–Kier alpha value is -2.93. The highest BCUT2D eigenvalue weighted by Gasteiger charge is 2.32. The highest BCUT2D eigenvalue weighted by atomic mass is 16.2. The van der Waals surface area contributed by atoms with E-state index in [4.69, 9.17) is 0 Å². The average molecular weight is 390 g/mol. The molecule has 0 unspecified atom stereocenters. The Kier molecular flexibility index (Phi) is 4.89. The number of hydrogen-bond acceptors (Lipinski definition) is 4. The lowest BCUT2D eigenvalue weighted by atomic mass is 10.1. The van der Waals surface area contributed by atoms with Crippen LogP contribution >= 0.6 is 0 Å². The van der Waals surface area contributed by atoms with Gasteiger partial charge in [0.05, 0.1) is 0 Å². The predicted molar refractivity (Wildman–Crippen MR) is 112 cm³/mol. The van der Waals surface area contributed by atoms with Crippen molar-refractivity contribution in [3.63, 3.8) is 0 Å². The number of rotatable bonds is 5. The minimum absolute atomic E-state index is 0.119. The van der Waals surface area contributed by atoms with Gasteiger partial charge in [-0.2, -0.15) is 0 Å². The first kappa shape index (κ1) is 18.1. The third-order valence-corrected chi connectivity index (χ3v) is 5.89. The van der Waals surface area contributed by atoms with E-state index in [1.807, 2.05) is 53.1 Å². The summed E-state index contributed by atoms with van der Waals surface area (Å²) in [5.74, 6) is 0.900. The van der Waals surface area contributed by atoms with Gasteiger partial charge in [-0.05, 0) is 55.5 Å². The molecular weight excluding hydrogens is 364 g/mol. The first-order valence-corrected chi connectivity index (χ1v) is 10.4. The van der Waals surface area contributed by atoms with E-state index < -0.39 is 0 Å². The standard InChI is InChI=1S/C22H26N6O/c29-22(24-18-10-13-27(14-11-18)19-8-9-19)23-17-6-4-16(5-7-17)15-21-26-25-20-3-1-2-12-28(20)21/h1-7,12,18-19H,8-11,13-15H2,(H2,23,24,29). The van der Waals surface area contributed by atoms with Gasteiger partial charge in [0.25, 0.3) is 0 Å². The summed E-state index contributed by atoms with van der Waals surface area (Å²) in [6, 6.07) is 14.8. The molecule has 3 heterocycles. The molecule has 150 valence electrons. The van der Waals surface area contributed by atoms with E-state index in [1.54, 1.807) is 0 Å². The quantitative estimate of drug-likeness (QED) is 0.702. The first-order valence-electron chi connectivity index (χ1n) is 10.4. The van der Waals surface area contributed by atoms with Crippen LogP contribution in [0.3, 0.4) is 0 Å². The Morgan fingerprint density at radius 2 is 1.79 bits per heavy atom. The highest BCUT2D eigenvalue weighted by Crippen LogP contribution is 2.29. The number of fused-ring (bicyclic) bond motifs is 1. The van der Waals surface area contributed by atoms with Crippen molar-refractivity contribution >= 4 is 17.4 Å². The van der Waals surface area contributed by atoms with Crippen LogP contribution in [0, 0.1) is 0 Å². The summed E-state index contributed by atoms with van der Waals surface area (Å²) in [5.41, 5.74) is 2.77. The molecule has 2 aromatic heterocycles. The topological polar surface area (TPSA) is 74.6 Å². The second-order valence-corrected chi connectivity index (χ2v) is 8.06. The highest BCUT2D eigenvalue weighted by molar-refractivity contribution is 5.89. The summed E-state index contributed by atoms with van der Waals surface area (Å²) < 4.78 is 1.99. The van der Waals surface area contributed by atoms with Gasteiger partial charge in [0.2, 0.25) is 0 Å². The van der Waals surface area contributed by atoms with Crippen molar-refractivity contribution in [2.45, 2.75) is 44.2 Å². The summed E-state index contributed by atoms with van der Waals surface area (Å²) >= 11 is 0. The molecule has 29 heavy (non-hydrogen) atoms. The molecular formula is C22H26N6O. The first-order chi connectivity index (χ1) is 14.2. The summed E-state index contributed by atoms with van der Waals surface area (Å²) in [4.78, 5) is 14.9. The molecule has 1 aliphatic heterocycles. The minimum Gasteiger partial charge on any atom is -0.335 e. The van der Waals surface area contributed by atoms with Gasteiger partial charge in [0, 0.05) is 43.5 Å². The van der Waals surface area contributed by atoms with Crippen molar-refractivity contribution in [1.29, 1.82) is 0 Å². The number of carbonyl (C=O) groups excluding carboxylic acids is 1. The number of carbonyl (C=O) groups is 1. The maximum Gasteiger partial charge on any atom is 0.319 e. The number of aromatic nitrogens is 3. The van der Waals surface area contributed by atoms with Crippen molar-refractivity contribution < 1.29 is 4.79 Å². The number of nitrogens with zero attached hydrogens (tertiary/aromatic N) is 4. The van der Waals surface area contributed by atoms with Crippen LogP contribution in [-0.2, 0) is 6.42 Å². The Morgan fingerprint density at radius 3 is 2.55 bits per heavy atom. The molecule has 0 bridgehead atoms. The Labute approximate surface area is 170 Å². The number of anilines is 1. The fraction of sp³-hybridized carbons (Fsp3) is 0.409. The zero-order valence-corrected chi connectivity index (χ0v) is 16.4. The van der Waals surface area contributed by atoms with Crippen LogP contribution in [0.1, 0.15) is 37.1 Å². The molecule has 1 saturated heterocycles. The molecule has 7 nitrogen and oxygen atoms in total. The summed E-state index contributed by atoms with van der Waals surface area (Å²) in [6.45, 7) is 2.20. The van der Waals surface area contributed by atoms with Gasteiger partial charge in [0.1, 0.15) is 5.82 Å². The van der Waals surface area contributed by atoms with Crippen molar-refractivity contribution in [3.05, 3.63) is 60.0 Å². The van der Waals surface area contributed by atoms with Crippen LogP contribution in [0.4, 0.5) is 10.5 Å². The molecule has 2 N–H and O–H groups in total. The smallest absolute Gasteiger partial charge is 0.319 e. The summed E-state index contributed by atoms with van der Waals surface area (Å²) in [5, 5.41) is 14.5. The molecule has 1 aromatic carbocycles. The Balaban J connectivity index is 1.14. The predicted octanol–water partition coefficient (Wildman–Crippen LogP) is 3.07. The van der Waals surface area contributed by atoms with Gasteiger partial charge in [0.15, 0.2) is 5.65 Å². The van der Waals surface area contributed by atoms with E-state index in [9.17, 15) is 4.79 Å². The lowest BCUT2D eigenvalue weighted by Gasteiger charge is -2.32. The van der Waals surface area contributed by atoms with Crippen LogP contribution in [-0.4, -0.2) is 50.7 Å². The zero-order valence-electron chi connectivity index (χ0n) is 16.4. The molecule has 0 atom stereocenters. The monoisotopic (exact) mass is 390 g/mol. The summed E-state index contributed by atoms with van der Waals surface area (Å²) in [6.07, 6.45) is 7.44. The lowest BCUT2D eigenvalue weighted by molar-refractivity contribution is 0.189. The third kappa shape index (κ3) is 4.24. The van der Waals surface area contributed by atoms with Crippen LogP contribution in [0.2, 0.25) is 0 Å². The fourth-order valence-corrected chi connectivity index (χ4v) is 4.10. The molecule has 2 fully saturated rings. The van der Waals surface area contributed by atoms with E-state index in [2.05, 4.69) is 25.7 Å². The number of pyridine rings is 1. The van der Waals surface area contributed by atoms with E-state index in [-0.39, 0.29) is 12.1 Å². The van der Waals surface area contributed by atoms with Gasteiger partial charge in [-0.25, -0.2) is 4.79 Å². The molecule has 2 amide bonds. The van der Waals surface area contributed by atoms with Gasteiger partial charge in [-0.1, -0.05) is 18.2 Å². The minimum atomic E-state index is -0.119. The number of hydrogen-bond donors (Lipinski definition) is 2. The molecule has 0 radical (unpaired) electrons.